The standard InChI is InChI=1S/C23H27N7O5/c1-15(13-33-2)27-20(31)17-12-24-9-4-18(17)28-21(32)19-14-34-23(29-19)30-10-5-16(6-11-30)35-22-25-7-3-8-26-22/h3-4,7-9,12,14-16H,5-6,10-11,13H2,1-2H3,(H,27,31)(H,24,28,32)/t15-/m0/s1. The molecule has 1 aliphatic rings. The molecule has 0 radical (unpaired) electrons. The third kappa shape index (κ3) is 6.29. The van der Waals surface area contributed by atoms with Gasteiger partial charge in [-0.1, -0.05) is 0 Å². The summed E-state index contributed by atoms with van der Waals surface area (Å²) in [6, 6.07) is 3.79. The predicted octanol–water partition coefficient (Wildman–Crippen LogP) is 1.92. The summed E-state index contributed by atoms with van der Waals surface area (Å²) in [4.78, 5) is 43.9. The van der Waals surface area contributed by atoms with Crippen LogP contribution in [0.4, 0.5) is 11.7 Å². The molecule has 2 amide bonds. The Morgan fingerprint density at radius 1 is 1.20 bits per heavy atom. The van der Waals surface area contributed by atoms with Crippen LogP contribution < -0.4 is 20.3 Å². The molecule has 4 heterocycles. The molecule has 0 aromatic carbocycles. The number of pyridine rings is 1. The van der Waals surface area contributed by atoms with Gasteiger partial charge in [0.2, 0.25) is 0 Å². The lowest BCUT2D eigenvalue weighted by Crippen LogP contribution is -2.38. The molecular formula is C23H27N7O5. The topological polar surface area (TPSA) is 145 Å². The zero-order valence-electron chi connectivity index (χ0n) is 19.5. The number of hydrogen-bond acceptors (Lipinski definition) is 10. The van der Waals surface area contributed by atoms with Crippen LogP contribution in [0.1, 0.15) is 40.6 Å². The SMILES string of the molecule is COC[C@H](C)NC(=O)c1cnccc1NC(=O)c1coc(N2CCC(Oc3ncccn3)CC2)n1. The van der Waals surface area contributed by atoms with Gasteiger partial charge in [-0.2, -0.15) is 4.98 Å². The Hall–Kier alpha value is -4.06. The van der Waals surface area contributed by atoms with Gasteiger partial charge in [0.05, 0.1) is 17.9 Å². The molecule has 0 spiro atoms. The van der Waals surface area contributed by atoms with Crippen molar-refractivity contribution in [3.63, 3.8) is 0 Å². The van der Waals surface area contributed by atoms with Gasteiger partial charge < -0.3 is 29.4 Å². The van der Waals surface area contributed by atoms with Crippen molar-refractivity contribution >= 4 is 23.5 Å². The quantitative estimate of drug-likeness (QED) is 0.465. The summed E-state index contributed by atoms with van der Waals surface area (Å²) in [5, 5.41) is 5.52. The fourth-order valence-electron chi connectivity index (χ4n) is 3.64. The van der Waals surface area contributed by atoms with Crippen LogP contribution in [0.15, 0.2) is 47.6 Å². The first-order valence-corrected chi connectivity index (χ1v) is 11.2. The van der Waals surface area contributed by atoms with E-state index in [-0.39, 0.29) is 29.3 Å². The minimum absolute atomic E-state index is 0.00533. The summed E-state index contributed by atoms with van der Waals surface area (Å²) in [5.41, 5.74) is 0.654. The maximum atomic E-state index is 12.8. The fraction of sp³-hybridized carbons (Fsp3) is 0.391. The Bertz CT molecular complexity index is 1130. The van der Waals surface area contributed by atoms with Crippen LogP contribution in [0.5, 0.6) is 6.01 Å². The molecule has 184 valence electrons. The number of carbonyl (C=O) groups excluding carboxylic acids is 2. The third-order valence-corrected chi connectivity index (χ3v) is 5.36. The lowest BCUT2D eigenvalue weighted by Gasteiger charge is -2.30. The van der Waals surface area contributed by atoms with Crippen molar-refractivity contribution in [2.24, 2.45) is 0 Å². The Balaban J connectivity index is 1.34. The van der Waals surface area contributed by atoms with Gasteiger partial charge in [0.25, 0.3) is 17.8 Å². The van der Waals surface area contributed by atoms with E-state index in [1.165, 1.54) is 18.7 Å². The van der Waals surface area contributed by atoms with Crippen LogP contribution in [-0.4, -0.2) is 70.7 Å². The third-order valence-electron chi connectivity index (χ3n) is 5.36. The minimum atomic E-state index is -0.496. The van der Waals surface area contributed by atoms with Crippen LogP contribution in [-0.2, 0) is 4.74 Å². The van der Waals surface area contributed by atoms with Gasteiger partial charge >= 0.3 is 6.01 Å². The largest absolute Gasteiger partial charge is 0.460 e. The molecule has 0 saturated carbocycles. The van der Waals surface area contributed by atoms with Crippen molar-refractivity contribution < 1.29 is 23.5 Å². The summed E-state index contributed by atoms with van der Waals surface area (Å²) < 4.78 is 16.4. The van der Waals surface area contributed by atoms with Crippen molar-refractivity contribution in [3.8, 4) is 6.01 Å². The highest BCUT2D eigenvalue weighted by atomic mass is 16.5. The lowest BCUT2D eigenvalue weighted by atomic mass is 10.1. The number of anilines is 2. The maximum absolute atomic E-state index is 12.8. The number of ether oxygens (including phenoxy) is 2. The predicted molar refractivity (Wildman–Crippen MR) is 125 cm³/mol. The molecule has 2 N–H and O–H groups in total. The second kappa shape index (κ2) is 11.4. The zero-order valence-corrected chi connectivity index (χ0v) is 19.5. The van der Waals surface area contributed by atoms with Gasteiger partial charge in [0.1, 0.15) is 12.4 Å². The highest BCUT2D eigenvalue weighted by Gasteiger charge is 2.25. The average molecular weight is 482 g/mol. The Morgan fingerprint density at radius 3 is 2.71 bits per heavy atom. The molecule has 0 aliphatic carbocycles. The number of amides is 2. The monoisotopic (exact) mass is 481 g/mol. The van der Waals surface area contributed by atoms with Gasteiger partial charge in [-0.25, -0.2) is 9.97 Å². The van der Waals surface area contributed by atoms with Gasteiger partial charge in [0.15, 0.2) is 5.69 Å². The fourth-order valence-corrected chi connectivity index (χ4v) is 3.64. The van der Waals surface area contributed by atoms with Crippen LogP contribution in [0, 0.1) is 0 Å². The Kier molecular flexibility index (Phi) is 7.83. The number of oxazole rings is 1. The summed E-state index contributed by atoms with van der Waals surface area (Å²) in [7, 11) is 1.56. The van der Waals surface area contributed by atoms with Crippen LogP contribution in [0.3, 0.4) is 0 Å². The Morgan fingerprint density at radius 2 is 1.97 bits per heavy atom. The van der Waals surface area contributed by atoms with E-state index < -0.39 is 5.91 Å². The van der Waals surface area contributed by atoms with Crippen LogP contribution in [0.2, 0.25) is 0 Å². The second-order valence-electron chi connectivity index (χ2n) is 8.06. The van der Waals surface area contributed by atoms with Crippen molar-refractivity contribution in [3.05, 3.63) is 54.4 Å². The molecule has 3 aromatic rings. The van der Waals surface area contributed by atoms with Crippen molar-refractivity contribution in [2.75, 3.05) is 37.0 Å². The summed E-state index contributed by atoms with van der Waals surface area (Å²) in [5.74, 6) is -0.866. The number of piperidine rings is 1. The smallest absolute Gasteiger partial charge is 0.316 e. The number of methoxy groups -OCH3 is 1. The second-order valence-corrected chi connectivity index (χ2v) is 8.06. The van der Waals surface area contributed by atoms with E-state index in [0.29, 0.717) is 37.4 Å². The van der Waals surface area contributed by atoms with E-state index in [1.807, 2.05) is 11.8 Å². The van der Waals surface area contributed by atoms with Crippen LogP contribution >= 0.6 is 0 Å². The molecule has 12 nitrogen and oxygen atoms in total. The van der Waals surface area contributed by atoms with E-state index in [2.05, 4.69) is 30.6 Å². The number of hydrogen-bond donors (Lipinski definition) is 2. The average Bonchev–Trinajstić information content (AvgIpc) is 3.36. The van der Waals surface area contributed by atoms with Gasteiger partial charge in [-0.3, -0.25) is 14.6 Å². The zero-order chi connectivity index (χ0) is 24.6. The van der Waals surface area contributed by atoms with E-state index in [1.54, 1.807) is 31.6 Å². The molecule has 0 bridgehead atoms. The van der Waals surface area contributed by atoms with Crippen molar-refractivity contribution in [1.29, 1.82) is 0 Å². The Labute approximate surface area is 202 Å². The van der Waals surface area contributed by atoms with E-state index in [0.717, 1.165) is 12.8 Å². The van der Waals surface area contributed by atoms with Crippen molar-refractivity contribution in [2.45, 2.75) is 31.9 Å². The van der Waals surface area contributed by atoms with Crippen molar-refractivity contribution in [1.82, 2.24) is 25.3 Å². The number of rotatable bonds is 9. The first-order chi connectivity index (χ1) is 17.0. The highest BCUT2D eigenvalue weighted by molar-refractivity contribution is 6.08. The highest BCUT2D eigenvalue weighted by Crippen LogP contribution is 2.22. The van der Waals surface area contributed by atoms with E-state index >= 15 is 0 Å². The molecule has 12 heteroatoms. The lowest BCUT2D eigenvalue weighted by molar-refractivity contribution is 0.0906. The first kappa shape index (κ1) is 24.1. The van der Waals surface area contributed by atoms with E-state index in [4.69, 9.17) is 13.9 Å². The number of nitrogens with zero attached hydrogens (tertiary/aromatic N) is 5. The molecule has 4 rings (SSSR count). The molecule has 1 fully saturated rings. The minimum Gasteiger partial charge on any atom is -0.460 e. The molecule has 1 atom stereocenters. The maximum Gasteiger partial charge on any atom is 0.316 e. The molecule has 35 heavy (non-hydrogen) atoms. The van der Waals surface area contributed by atoms with Gasteiger partial charge in [0, 0.05) is 63.9 Å². The van der Waals surface area contributed by atoms with Gasteiger partial charge in [-0.05, 0) is 19.1 Å². The van der Waals surface area contributed by atoms with Gasteiger partial charge in [-0.15, -0.1) is 0 Å². The number of carbonyl (C=O) groups is 2. The summed E-state index contributed by atoms with van der Waals surface area (Å²) >= 11 is 0. The molecule has 1 saturated heterocycles. The molecule has 1 aliphatic heterocycles. The number of aromatic nitrogens is 4. The normalized spacial score (nSPS) is 14.9. The van der Waals surface area contributed by atoms with Crippen LogP contribution in [0.25, 0.3) is 0 Å². The molecule has 0 unspecified atom stereocenters. The summed E-state index contributed by atoms with van der Waals surface area (Å²) in [6.07, 6.45) is 8.93. The molecular weight excluding hydrogens is 454 g/mol. The van der Waals surface area contributed by atoms with E-state index in [9.17, 15) is 9.59 Å². The number of nitrogens with one attached hydrogen (secondary N) is 2. The molecule has 3 aromatic heterocycles. The first-order valence-electron chi connectivity index (χ1n) is 11.2. The summed E-state index contributed by atoms with van der Waals surface area (Å²) in [6.45, 7) is 3.47.